The van der Waals surface area contributed by atoms with E-state index in [-0.39, 0.29) is 6.61 Å². The molecule has 0 radical (unpaired) electrons. The first-order valence-electron chi connectivity index (χ1n) is 4.19. The molecule has 0 spiro atoms. The minimum Gasteiger partial charge on any atom is -0.461 e. The summed E-state index contributed by atoms with van der Waals surface area (Å²) in [4.78, 5) is 14.7. The molecule has 4 heteroatoms. The number of hydrogen-bond acceptors (Lipinski definition) is 3. The standard InChI is InChI=1S/C10H10FNO2/c1-2-14-10(13)9(11)7-8-5-3-4-6-12-8/h3-7H,2H2,1H3. The third kappa shape index (κ3) is 2.97. The van der Waals surface area contributed by atoms with Gasteiger partial charge in [0.05, 0.1) is 12.3 Å². The van der Waals surface area contributed by atoms with Gasteiger partial charge >= 0.3 is 5.97 Å². The Labute approximate surface area is 81.2 Å². The van der Waals surface area contributed by atoms with Crippen LogP contribution in [-0.2, 0) is 9.53 Å². The number of rotatable bonds is 3. The Bertz CT molecular complexity index is 335. The van der Waals surface area contributed by atoms with E-state index >= 15 is 0 Å². The van der Waals surface area contributed by atoms with Gasteiger partial charge in [0.2, 0.25) is 5.83 Å². The lowest BCUT2D eigenvalue weighted by atomic mass is 10.3. The van der Waals surface area contributed by atoms with Crippen LogP contribution in [0.1, 0.15) is 12.6 Å². The second-order valence-corrected chi connectivity index (χ2v) is 2.47. The van der Waals surface area contributed by atoms with E-state index in [9.17, 15) is 9.18 Å². The van der Waals surface area contributed by atoms with Crippen LogP contribution in [0.5, 0.6) is 0 Å². The highest BCUT2D eigenvalue weighted by Crippen LogP contribution is 2.06. The average molecular weight is 195 g/mol. The van der Waals surface area contributed by atoms with Gasteiger partial charge in [0, 0.05) is 12.3 Å². The van der Waals surface area contributed by atoms with E-state index in [1.54, 1.807) is 25.1 Å². The molecule has 0 unspecified atom stereocenters. The van der Waals surface area contributed by atoms with Crippen molar-refractivity contribution in [2.24, 2.45) is 0 Å². The van der Waals surface area contributed by atoms with Gasteiger partial charge in [-0.1, -0.05) is 6.07 Å². The highest BCUT2D eigenvalue weighted by molar-refractivity contribution is 5.90. The van der Waals surface area contributed by atoms with Crippen LogP contribution in [-0.4, -0.2) is 17.6 Å². The van der Waals surface area contributed by atoms with Crippen LogP contribution in [0.15, 0.2) is 30.2 Å². The Balaban J connectivity index is 2.74. The van der Waals surface area contributed by atoms with Crippen molar-refractivity contribution >= 4 is 12.0 Å². The molecular formula is C10H10FNO2. The van der Waals surface area contributed by atoms with E-state index < -0.39 is 11.8 Å². The fourth-order valence-corrected chi connectivity index (χ4v) is 0.850. The van der Waals surface area contributed by atoms with Gasteiger partial charge in [-0.25, -0.2) is 4.79 Å². The third-order valence-electron chi connectivity index (χ3n) is 1.43. The molecule has 0 atom stereocenters. The number of nitrogens with zero attached hydrogens (tertiary/aromatic N) is 1. The van der Waals surface area contributed by atoms with Crippen molar-refractivity contribution in [3.8, 4) is 0 Å². The highest BCUT2D eigenvalue weighted by Gasteiger charge is 2.08. The summed E-state index contributed by atoms with van der Waals surface area (Å²) in [6.07, 6.45) is 2.56. The molecule has 0 aliphatic heterocycles. The first-order valence-corrected chi connectivity index (χ1v) is 4.19. The third-order valence-corrected chi connectivity index (χ3v) is 1.43. The van der Waals surface area contributed by atoms with E-state index in [1.165, 1.54) is 6.20 Å². The maximum atomic E-state index is 13.0. The number of carbonyl (C=O) groups excluding carboxylic acids is 1. The zero-order valence-corrected chi connectivity index (χ0v) is 7.74. The van der Waals surface area contributed by atoms with E-state index in [0.717, 1.165) is 6.08 Å². The molecule has 0 aromatic carbocycles. The monoisotopic (exact) mass is 195 g/mol. The van der Waals surface area contributed by atoms with Gasteiger partial charge in [-0.15, -0.1) is 0 Å². The van der Waals surface area contributed by atoms with Crippen molar-refractivity contribution in [3.05, 3.63) is 35.9 Å². The quantitative estimate of drug-likeness (QED) is 0.546. The molecule has 0 aliphatic carbocycles. The zero-order chi connectivity index (χ0) is 10.4. The summed E-state index contributed by atoms with van der Waals surface area (Å²) in [7, 11) is 0. The molecule has 1 aromatic rings. The minimum atomic E-state index is -0.960. The van der Waals surface area contributed by atoms with Crippen molar-refractivity contribution in [3.63, 3.8) is 0 Å². The molecule has 0 saturated heterocycles. The fourth-order valence-electron chi connectivity index (χ4n) is 0.850. The lowest BCUT2D eigenvalue weighted by Gasteiger charge is -1.97. The summed E-state index contributed by atoms with van der Waals surface area (Å²) in [5.41, 5.74) is 0.387. The van der Waals surface area contributed by atoms with Crippen LogP contribution in [0, 0.1) is 0 Å². The molecule has 0 saturated carbocycles. The van der Waals surface area contributed by atoms with Gasteiger partial charge in [0.15, 0.2) is 0 Å². The second kappa shape index (κ2) is 5.11. The molecule has 14 heavy (non-hydrogen) atoms. The first kappa shape index (κ1) is 10.4. The normalized spacial score (nSPS) is 11.1. The second-order valence-electron chi connectivity index (χ2n) is 2.47. The van der Waals surface area contributed by atoms with Crippen molar-refractivity contribution in [2.45, 2.75) is 6.92 Å². The topological polar surface area (TPSA) is 39.2 Å². The highest BCUT2D eigenvalue weighted by atomic mass is 19.1. The molecule has 0 bridgehead atoms. The van der Waals surface area contributed by atoms with Gasteiger partial charge in [-0.3, -0.25) is 4.98 Å². The van der Waals surface area contributed by atoms with Crippen LogP contribution >= 0.6 is 0 Å². The predicted molar refractivity (Wildman–Crippen MR) is 50.0 cm³/mol. The largest absolute Gasteiger partial charge is 0.461 e. The molecule has 0 fully saturated rings. The summed E-state index contributed by atoms with van der Waals surface area (Å²) in [5.74, 6) is -1.90. The maximum absolute atomic E-state index is 13.0. The Morgan fingerprint density at radius 3 is 3.00 bits per heavy atom. The lowest BCUT2D eigenvalue weighted by Crippen LogP contribution is -2.04. The predicted octanol–water partition coefficient (Wildman–Crippen LogP) is 1.96. The molecule has 0 N–H and O–H groups in total. The van der Waals surface area contributed by atoms with Crippen LogP contribution in [0.25, 0.3) is 6.08 Å². The Morgan fingerprint density at radius 2 is 2.43 bits per heavy atom. The summed E-state index contributed by atoms with van der Waals surface area (Å²) >= 11 is 0. The Hall–Kier alpha value is -1.71. The summed E-state index contributed by atoms with van der Waals surface area (Å²) < 4.78 is 17.5. The van der Waals surface area contributed by atoms with E-state index in [0.29, 0.717) is 5.69 Å². The number of halogens is 1. The molecule has 0 amide bonds. The van der Waals surface area contributed by atoms with E-state index in [4.69, 9.17) is 0 Å². The molecular weight excluding hydrogens is 185 g/mol. The number of ether oxygens (including phenoxy) is 1. The first-order chi connectivity index (χ1) is 6.74. The van der Waals surface area contributed by atoms with Gasteiger partial charge in [-0.2, -0.15) is 4.39 Å². The summed E-state index contributed by atoms with van der Waals surface area (Å²) in [5, 5.41) is 0. The summed E-state index contributed by atoms with van der Waals surface area (Å²) in [6, 6.07) is 5.01. The van der Waals surface area contributed by atoms with Crippen molar-refractivity contribution < 1.29 is 13.9 Å². The maximum Gasteiger partial charge on any atom is 0.367 e. The van der Waals surface area contributed by atoms with Crippen molar-refractivity contribution in [2.75, 3.05) is 6.61 Å². The van der Waals surface area contributed by atoms with Crippen molar-refractivity contribution in [1.29, 1.82) is 0 Å². The molecule has 3 nitrogen and oxygen atoms in total. The number of esters is 1. The molecule has 0 aliphatic rings. The number of carbonyl (C=O) groups is 1. The SMILES string of the molecule is CCOC(=O)C(F)=Cc1ccccn1. The smallest absolute Gasteiger partial charge is 0.367 e. The van der Waals surface area contributed by atoms with Gasteiger partial charge in [0.25, 0.3) is 0 Å². The number of hydrogen-bond donors (Lipinski definition) is 0. The average Bonchev–Trinajstić information content (AvgIpc) is 2.19. The fraction of sp³-hybridized carbons (Fsp3) is 0.200. The lowest BCUT2D eigenvalue weighted by molar-refractivity contribution is -0.140. The minimum absolute atomic E-state index is 0.155. The molecule has 74 valence electrons. The van der Waals surface area contributed by atoms with Gasteiger partial charge < -0.3 is 4.74 Å². The van der Waals surface area contributed by atoms with Crippen LogP contribution in [0.3, 0.4) is 0 Å². The molecule has 1 aromatic heterocycles. The Morgan fingerprint density at radius 1 is 1.64 bits per heavy atom. The van der Waals surface area contributed by atoms with Crippen molar-refractivity contribution in [1.82, 2.24) is 4.98 Å². The van der Waals surface area contributed by atoms with E-state index in [1.807, 2.05) is 0 Å². The Kier molecular flexibility index (Phi) is 3.79. The van der Waals surface area contributed by atoms with E-state index in [2.05, 4.69) is 9.72 Å². The summed E-state index contributed by atoms with van der Waals surface area (Å²) in [6.45, 7) is 1.77. The van der Waals surface area contributed by atoms with Crippen LogP contribution < -0.4 is 0 Å². The van der Waals surface area contributed by atoms with Crippen LogP contribution in [0.4, 0.5) is 4.39 Å². The zero-order valence-electron chi connectivity index (χ0n) is 7.74. The molecule has 1 rings (SSSR count). The molecule has 1 heterocycles. The van der Waals surface area contributed by atoms with Gasteiger partial charge in [0.1, 0.15) is 0 Å². The van der Waals surface area contributed by atoms with Gasteiger partial charge in [-0.05, 0) is 19.1 Å². The number of aromatic nitrogens is 1. The number of pyridine rings is 1. The van der Waals surface area contributed by atoms with Crippen LogP contribution in [0.2, 0.25) is 0 Å².